The minimum Gasteiger partial charge on any atom is -0.458 e. The third-order valence-electron chi connectivity index (χ3n) is 2.42. The molecule has 0 bridgehead atoms. The van der Waals surface area contributed by atoms with Crippen molar-refractivity contribution in [2.24, 2.45) is 0 Å². The Morgan fingerprint density at radius 3 is 2.53 bits per heavy atom. The molecule has 0 aliphatic carbocycles. The number of hydrogen-bond donors (Lipinski definition) is 0. The molecule has 17 heavy (non-hydrogen) atoms. The second kappa shape index (κ2) is 11.2. The molecule has 0 amide bonds. The summed E-state index contributed by atoms with van der Waals surface area (Å²) >= 11 is 0. The largest absolute Gasteiger partial charge is 0.458 e. The van der Waals surface area contributed by atoms with E-state index in [0.717, 1.165) is 6.42 Å². The summed E-state index contributed by atoms with van der Waals surface area (Å²) in [5.41, 5.74) is 0.647. The molecule has 2 nitrogen and oxygen atoms in total. The van der Waals surface area contributed by atoms with Crippen LogP contribution in [0.5, 0.6) is 0 Å². The molecule has 0 atom stereocenters. The predicted molar refractivity (Wildman–Crippen MR) is 72.8 cm³/mol. The molecular formula is C15H24O2. The van der Waals surface area contributed by atoms with E-state index in [2.05, 4.69) is 13.0 Å². The van der Waals surface area contributed by atoms with Crippen LogP contribution < -0.4 is 0 Å². The van der Waals surface area contributed by atoms with E-state index >= 15 is 0 Å². The first-order valence-corrected chi connectivity index (χ1v) is 6.34. The smallest absolute Gasteiger partial charge is 0.333 e. The van der Waals surface area contributed by atoms with Gasteiger partial charge in [-0.05, 0) is 32.8 Å². The summed E-state index contributed by atoms with van der Waals surface area (Å²) in [6.07, 6.45) is 14.6. The monoisotopic (exact) mass is 236 g/mol. The van der Waals surface area contributed by atoms with Crippen LogP contribution in [-0.4, -0.2) is 12.6 Å². The van der Waals surface area contributed by atoms with Crippen molar-refractivity contribution in [1.29, 1.82) is 0 Å². The van der Waals surface area contributed by atoms with Gasteiger partial charge in [0.25, 0.3) is 0 Å². The van der Waals surface area contributed by atoms with Gasteiger partial charge in [0.1, 0.15) is 6.61 Å². The molecule has 0 spiro atoms. The van der Waals surface area contributed by atoms with Crippen LogP contribution in [0.1, 0.15) is 46.5 Å². The summed E-state index contributed by atoms with van der Waals surface area (Å²) in [6.45, 7) is 6.11. The van der Waals surface area contributed by atoms with Gasteiger partial charge in [0, 0.05) is 5.57 Å². The van der Waals surface area contributed by atoms with Crippen molar-refractivity contribution in [3.63, 3.8) is 0 Å². The molecule has 0 aromatic rings. The molecule has 2 heteroatoms. The Balaban J connectivity index is 3.58. The highest BCUT2D eigenvalue weighted by Crippen LogP contribution is 1.99. The van der Waals surface area contributed by atoms with Gasteiger partial charge in [0.2, 0.25) is 0 Å². The summed E-state index contributed by atoms with van der Waals surface area (Å²) in [7, 11) is 0. The summed E-state index contributed by atoms with van der Waals surface area (Å²) < 4.78 is 5.01. The van der Waals surface area contributed by atoms with Crippen LogP contribution in [0.15, 0.2) is 36.0 Å². The molecule has 0 saturated carbocycles. The number of ether oxygens (including phenoxy) is 1. The van der Waals surface area contributed by atoms with Crippen LogP contribution in [0.4, 0.5) is 0 Å². The first-order chi connectivity index (χ1) is 8.22. The van der Waals surface area contributed by atoms with Gasteiger partial charge in [-0.1, -0.05) is 44.1 Å². The first-order valence-electron chi connectivity index (χ1n) is 6.34. The lowest BCUT2D eigenvalue weighted by molar-refractivity contribution is -0.137. The maximum Gasteiger partial charge on any atom is 0.333 e. The van der Waals surface area contributed by atoms with Crippen molar-refractivity contribution >= 4 is 5.97 Å². The highest BCUT2D eigenvalue weighted by molar-refractivity contribution is 5.87. The Morgan fingerprint density at radius 1 is 1.18 bits per heavy atom. The zero-order valence-corrected chi connectivity index (χ0v) is 11.2. The van der Waals surface area contributed by atoms with E-state index in [4.69, 9.17) is 4.74 Å². The molecule has 0 aromatic heterocycles. The van der Waals surface area contributed by atoms with E-state index < -0.39 is 0 Å². The predicted octanol–water partition coefficient (Wildman–Crippen LogP) is 4.19. The van der Waals surface area contributed by atoms with E-state index in [9.17, 15) is 4.79 Å². The van der Waals surface area contributed by atoms with Crippen LogP contribution >= 0.6 is 0 Å². The Hall–Kier alpha value is -1.31. The fourth-order valence-corrected chi connectivity index (χ4v) is 1.18. The van der Waals surface area contributed by atoms with E-state index in [1.54, 1.807) is 13.0 Å². The number of carbonyl (C=O) groups excluding carboxylic acids is 1. The SMILES string of the molecule is C/C=C(\C)C(=O)OC/C=C/C=C/CCCCC. The van der Waals surface area contributed by atoms with E-state index in [1.165, 1.54) is 19.3 Å². The molecule has 96 valence electrons. The number of rotatable bonds is 8. The quantitative estimate of drug-likeness (QED) is 0.273. The van der Waals surface area contributed by atoms with Crippen LogP contribution in [0, 0.1) is 0 Å². The lowest BCUT2D eigenvalue weighted by atomic mass is 10.2. The number of carbonyl (C=O) groups is 1. The normalized spacial score (nSPS) is 12.5. The molecule has 0 saturated heterocycles. The van der Waals surface area contributed by atoms with Gasteiger partial charge in [-0.15, -0.1) is 0 Å². The zero-order chi connectivity index (χ0) is 12.9. The molecule has 0 aromatic carbocycles. The Morgan fingerprint density at radius 2 is 1.88 bits per heavy atom. The van der Waals surface area contributed by atoms with E-state index in [1.807, 2.05) is 25.2 Å². The number of hydrogen-bond acceptors (Lipinski definition) is 2. The number of esters is 1. The Labute approximate surface area is 105 Å². The highest BCUT2D eigenvalue weighted by Gasteiger charge is 2.01. The highest BCUT2D eigenvalue weighted by atomic mass is 16.5. The van der Waals surface area contributed by atoms with E-state index in [-0.39, 0.29) is 5.97 Å². The van der Waals surface area contributed by atoms with Crippen molar-refractivity contribution in [2.45, 2.75) is 46.5 Å². The maximum atomic E-state index is 11.2. The average Bonchev–Trinajstić information content (AvgIpc) is 2.35. The van der Waals surface area contributed by atoms with Crippen molar-refractivity contribution in [2.75, 3.05) is 6.61 Å². The van der Waals surface area contributed by atoms with Gasteiger partial charge < -0.3 is 4.74 Å². The van der Waals surface area contributed by atoms with Crippen molar-refractivity contribution in [3.05, 3.63) is 36.0 Å². The Kier molecular flexibility index (Phi) is 10.3. The van der Waals surface area contributed by atoms with Crippen molar-refractivity contribution in [3.8, 4) is 0 Å². The van der Waals surface area contributed by atoms with Crippen molar-refractivity contribution < 1.29 is 9.53 Å². The lowest BCUT2D eigenvalue weighted by Gasteiger charge is -1.99. The molecule has 0 heterocycles. The second-order valence-corrected chi connectivity index (χ2v) is 3.92. The zero-order valence-electron chi connectivity index (χ0n) is 11.2. The number of unbranched alkanes of at least 4 members (excludes halogenated alkanes) is 3. The Bertz CT molecular complexity index is 285. The summed E-state index contributed by atoms with van der Waals surface area (Å²) in [5, 5.41) is 0. The van der Waals surface area contributed by atoms with Gasteiger partial charge in [0.05, 0.1) is 0 Å². The average molecular weight is 236 g/mol. The molecule has 0 rings (SSSR count). The third kappa shape index (κ3) is 9.61. The fraction of sp³-hybridized carbons (Fsp3) is 0.533. The van der Waals surface area contributed by atoms with Gasteiger partial charge in [0.15, 0.2) is 0 Å². The minimum absolute atomic E-state index is 0.246. The first kappa shape index (κ1) is 15.7. The van der Waals surface area contributed by atoms with Gasteiger partial charge >= 0.3 is 5.97 Å². The molecule has 0 radical (unpaired) electrons. The number of allylic oxidation sites excluding steroid dienone is 4. The third-order valence-corrected chi connectivity index (χ3v) is 2.42. The molecular weight excluding hydrogens is 212 g/mol. The fourth-order valence-electron chi connectivity index (χ4n) is 1.18. The van der Waals surface area contributed by atoms with Gasteiger partial charge in [-0.25, -0.2) is 4.79 Å². The van der Waals surface area contributed by atoms with Crippen LogP contribution in [0.25, 0.3) is 0 Å². The minimum atomic E-state index is -0.246. The molecule has 0 aliphatic rings. The summed E-state index contributed by atoms with van der Waals surface area (Å²) in [4.78, 5) is 11.2. The van der Waals surface area contributed by atoms with Crippen LogP contribution in [0.2, 0.25) is 0 Å². The topological polar surface area (TPSA) is 26.3 Å². The molecule has 0 unspecified atom stereocenters. The van der Waals surface area contributed by atoms with Crippen LogP contribution in [-0.2, 0) is 9.53 Å². The van der Waals surface area contributed by atoms with Gasteiger partial charge in [-0.2, -0.15) is 0 Å². The lowest BCUT2D eigenvalue weighted by Crippen LogP contribution is -2.05. The second-order valence-electron chi connectivity index (χ2n) is 3.92. The summed E-state index contributed by atoms with van der Waals surface area (Å²) in [5.74, 6) is -0.246. The molecule has 0 fully saturated rings. The van der Waals surface area contributed by atoms with Crippen molar-refractivity contribution in [1.82, 2.24) is 0 Å². The maximum absolute atomic E-state index is 11.2. The molecule has 0 N–H and O–H groups in total. The standard InChI is InChI=1S/C15H24O2/c1-4-6-7-8-9-10-11-12-13-17-15(16)14(3)5-2/h5,9-12H,4,6-8,13H2,1-3H3/b10-9+,12-11+,14-5+. The van der Waals surface area contributed by atoms with E-state index in [0.29, 0.717) is 12.2 Å². The van der Waals surface area contributed by atoms with Gasteiger partial charge in [-0.3, -0.25) is 0 Å². The summed E-state index contributed by atoms with van der Waals surface area (Å²) in [6, 6.07) is 0. The van der Waals surface area contributed by atoms with Crippen LogP contribution in [0.3, 0.4) is 0 Å². The molecule has 0 aliphatic heterocycles.